The Morgan fingerprint density at radius 3 is 1.40 bits per heavy atom. The molecule has 13 nitrogen and oxygen atoms in total. The Labute approximate surface area is 227 Å². The number of non-ortho nitro benzene ring substituents is 2. The number of hydrogen-bond donors (Lipinski definition) is 2. The van der Waals surface area contributed by atoms with E-state index in [0.717, 1.165) is 48.3 Å². The lowest BCUT2D eigenvalue weighted by atomic mass is 10.1. The molecule has 2 N–H and O–H groups in total. The van der Waals surface area contributed by atoms with Crippen LogP contribution in [0.3, 0.4) is 0 Å². The van der Waals surface area contributed by atoms with E-state index in [0.29, 0.717) is 0 Å². The number of pyridine rings is 2. The maximum atomic E-state index is 10.8. The average molecular weight is 549 g/mol. The van der Waals surface area contributed by atoms with Gasteiger partial charge in [0.2, 0.25) is 0 Å². The van der Waals surface area contributed by atoms with E-state index in [1.165, 1.54) is 35.4 Å². The van der Waals surface area contributed by atoms with E-state index < -0.39 is 21.8 Å². The van der Waals surface area contributed by atoms with Crippen LogP contribution in [0.15, 0.2) is 97.6 Å². The first-order valence-corrected chi connectivity index (χ1v) is 11.6. The summed E-state index contributed by atoms with van der Waals surface area (Å²) in [5.74, 6) is -2.19. The summed E-state index contributed by atoms with van der Waals surface area (Å²) in [6, 6.07) is 17.2. The van der Waals surface area contributed by atoms with Gasteiger partial charge in [0.05, 0.1) is 21.0 Å². The average Bonchev–Trinajstić information content (AvgIpc) is 2.95. The second-order valence-electron chi connectivity index (χ2n) is 7.99. The Balaban J connectivity index is 0.000000214. The molecule has 0 bridgehead atoms. The molecule has 13 heteroatoms. The minimum atomic E-state index is -1.09. The molecule has 0 aliphatic carbocycles. The van der Waals surface area contributed by atoms with Crippen molar-refractivity contribution < 1.29 is 34.4 Å². The van der Waals surface area contributed by atoms with Crippen molar-refractivity contribution in [2.24, 2.45) is 0 Å². The molecule has 0 radical (unpaired) electrons. The molecule has 4 aromatic rings. The lowest BCUT2D eigenvalue weighted by molar-refractivity contribution is -0.605. The van der Waals surface area contributed by atoms with Gasteiger partial charge in [0, 0.05) is 48.8 Å². The van der Waals surface area contributed by atoms with Gasteiger partial charge in [-0.15, -0.1) is 0 Å². The van der Waals surface area contributed by atoms with Crippen molar-refractivity contribution in [3.05, 3.63) is 145 Å². The molecule has 206 valence electrons. The van der Waals surface area contributed by atoms with E-state index in [1.54, 1.807) is 12.4 Å². The number of carboxylic acid groups (broad SMARTS) is 2. The van der Waals surface area contributed by atoms with Crippen molar-refractivity contribution in [1.29, 1.82) is 0 Å². The summed E-state index contributed by atoms with van der Waals surface area (Å²) >= 11 is 0. The quantitative estimate of drug-likeness (QED) is 0.137. The van der Waals surface area contributed by atoms with E-state index in [2.05, 4.69) is 4.98 Å². The lowest BCUT2D eigenvalue weighted by Crippen LogP contribution is -2.23. The molecular weight excluding hydrogens is 524 g/mol. The number of hydrogen-bond acceptors (Lipinski definition) is 8. The van der Waals surface area contributed by atoms with E-state index >= 15 is 0 Å². The van der Waals surface area contributed by atoms with Crippen LogP contribution in [0.2, 0.25) is 0 Å². The van der Waals surface area contributed by atoms with Gasteiger partial charge in [-0.1, -0.05) is 0 Å². The molecule has 0 aliphatic rings. The van der Waals surface area contributed by atoms with E-state index in [4.69, 9.17) is 10.2 Å². The number of nitro groups is 2. The van der Waals surface area contributed by atoms with Crippen LogP contribution in [0.4, 0.5) is 11.4 Å². The van der Waals surface area contributed by atoms with Gasteiger partial charge in [-0.2, -0.15) is 4.73 Å². The standard InChI is InChI=1S/C13H14N2O.2C7H5NO4/c16-15-10-6-13(7-11-15)3-1-2-12-4-8-14-9-5-12;2*9-7(10)5-1-3-6(4-2-5)8(11)12/h4-11H,1-3H2;2*1-4H,(H,9,10). The van der Waals surface area contributed by atoms with Crippen molar-refractivity contribution in [2.75, 3.05) is 0 Å². The van der Waals surface area contributed by atoms with Gasteiger partial charge in [0.15, 0.2) is 12.4 Å². The van der Waals surface area contributed by atoms with Gasteiger partial charge in [0.25, 0.3) is 11.4 Å². The zero-order valence-electron chi connectivity index (χ0n) is 20.9. The molecule has 0 unspecified atom stereocenters. The maximum Gasteiger partial charge on any atom is 0.335 e. The largest absolute Gasteiger partial charge is 0.619 e. The topological polar surface area (TPSA) is 201 Å². The number of carboxylic acids is 2. The van der Waals surface area contributed by atoms with Gasteiger partial charge in [-0.25, -0.2) is 9.59 Å². The Kier molecular flexibility index (Phi) is 11.8. The minimum Gasteiger partial charge on any atom is -0.619 e. The van der Waals surface area contributed by atoms with Crippen molar-refractivity contribution in [3.8, 4) is 0 Å². The van der Waals surface area contributed by atoms with E-state index in [-0.39, 0.29) is 22.5 Å². The zero-order chi connectivity index (χ0) is 29.5. The molecule has 40 heavy (non-hydrogen) atoms. The van der Waals surface area contributed by atoms with Gasteiger partial charge in [-0.05, 0) is 66.8 Å². The number of nitrogens with zero attached hydrogens (tertiary/aromatic N) is 4. The molecule has 4 rings (SSSR count). The number of rotatable bonds is 8. The third-order valence-corrected chi connectivity index (χ3v) is 5.20. The molecular formula is C27H24N4O9. The third kappa shape index (κ3) is 10.7. The zero-order valence-corrected chi connectivity index (χ0v) is 20.9. The van der Waals surface area contributed by atoms with E-state index in [9.17, 15) is 35.0 Å². The summed E-state index contributed by atoms with van der Waals surface area (Å²) in [5, 5.41) is 48.0. The first kappa shape index (κ1) is 30.5. The summed E-state index contributed by atoms with van der Waals surface area (Å²) in [6.07, 6.45) is 9.87. The van der Waals surface area contributed by atoms with Crippen LogP contribution < -0.4 is 4.73 Å². The highest BCUT2D eigenvalue weighted by Gasteiger charge is 2.08. The second kappa shape index (κ2) is 15.5. The third-order valence-electron chi connectivity index (χ3n) is 5.20. The molecule has 0 atom stereocenters. The van der Waals surface area contributed by atoms with Crippen LogP contribution in [0.25, 0.3) is 0 Å². The molecule has 0 fully saturated rings. The Morgan fingerprint density at radius 1 is 0.675 bits per heavy atom. The maximum absolute atomic E-state index is 10.8. The highest BCUT2D eigenvalue weighted by molar-refractivity contribution is 5.88. The summed E-state index contributed by atoms with van der Waals surface area (Å²) < 4.78 is 0.812. The highest BCUT2D eigenvalue weighted by atomic mass is 16.6. The first-order chi connectivity index (χ1) is 19.1. The second-order valence-corrected chi connectivity index (χ2v) is 7.99. The van der Waals surface area contributed by atoms with Crippen LogP contribution in [0, 0.1) is 25.4 Å². The fourth-order valence-electron chi connectivity index (χ4n) is 3.11. The number of nitro benzene ring substituents is 2. The van der Waals surface area contributed by atoms with Crippen molar-refractivity contribution >= 4 is 23.3 Å². The van der Waals surface area contributed by atoms with Gasteiger partial charge in [0.1, 0.15) is 0 Å². The number of carbonyl (C=O) groups is 2. The van der Waals surface area contributed by atoms with Crippen LogP contribution in [0.1, 0.15) is 38.3 Å². The minimum absolute atomic E-state index is 0.0422. The Bertz CT molecular complexity index is 1280. The molecule has 2 heterocycles. The van der Waals surface area contributed by atoms with Crippen molar-refractivity contribution in [3.63, 3.8) is 0 Å². The molecule has 2 aromatic heterocycles. The number of benzene rings is 2. The summed E-state index contributed by atoms with van der Waals surface area (Å²) in [4.78, 5) is 43.7. The molecule has 0 aliphatic heterocycles. The van der Waals surface area contributed by atoms with Crippen LogP contribution >= 0.6 is 0 Å². The number of aromatic nitrogens is 2. The fourth-order valence-corrected chi connectivity index (χ4v) is 3.11. The Morgan fingerprint density at radius 2 is 1.05 bits per heavy atom. The molecule has 0 saturated heterocycles. The fraction of sp³-hybridized carbons (Fsp3) is 0.111. The van der Waals surface area contributed by atoms with Crippen molar-refractivity contribution in [2.45, 2.75) is 19.3 Å². The van der Waals surface area contributed by atoms with Crippen molar-refractivity contribution in [1.82, 2.24) is 4.98 Å². The van der Waals surface area contributed by atoms with Gasteiger partial charge >= 0.3 is 11.9 Å². The summed E-state index contributed by atoms with van der Waals surface area (Å²) in [5.41, 5.74) is 2.38. The molecule has 0 spiro atoms. The highest BCUT2D eigenvalue weighted by Crippen LogP contribution is 2.12. The van der Waals surface area contributed by atoms with Gasteiger partial charge in [-0.3, -0.25) is 25.2 Å². The lowest BCUT2D eigenvalue weighted by Gasteiger charge is -2.02. The van der Waals surface area contributed by atoms with Crippen LogP contribution in [0.5, 0.6) is 0 Å². The van der Waals surface area contributed by atoms with Crippen LogP contribution in [-0.2, 0) is 12.8 Å². The summed E-state index contributed by atoms with van der Waals surface area (Å²) in [7, 11) is 0. The predicted molar refractivity (Wildman–Crippen MR) is 142 cm³/mol. The Hall–Kier alpha value is -5.72. The first-order valence-electron chi connectivity index (χ1n) is 11.6. The van der Waals surface area contributed by atoms with Crippen LogP contribution in [-0.4, -0.2) is 37.0 Å². The predicted octanol–water partition coefficient (Wildman–Crippen LogP) is 4.48. The van der Waals surface area contributed by atoms with Gasteiger partial charge < -0.3 is 15.4 Å². The molecule has 2 aromatic carbocycles. The number of aryl methyl sites for hydroxylation is 2. The molecule has 0 amide bonds. The number of aromatic carboxylic acids is 2. The smallest absolute Gasteiger partial charge is 0.335 e. The monoisotopic (exact) mass is 548 g/mol. The normalized spacial score (nSPS) is 9.70. The SMILES string of the molecule is O=C(O)c1ccc([N+](=O)[O-])cc1.O=C(O)c1ccc([N+](=O)[O-])cc1.[O-][n+]1ccc(CCCc2ccncc2)cc1. The summed E-state index contributed by atoms with van der Waals surface area (Å²) in [6.45, 7) is 0. The molecule has 0 saturated carbocycles. The van der Waals surface area contributed by atoms with E-state index in [1.807, 2.05) is 36.7 Å².